The van der Waals surface area contributed by atoms with E-state index in [1.807, 2.05) is 42.5 Å². The van der Waals surface area contributed by atoms with Crippen LogP contribution in [0.15, 0.2) is 58.7 Å². The summed E-state index contributed by atoms with van der Waals surface area (Å²) in [6.45, 7) is 4.19. The lowest BCUT2D eigenvalue weighted by Crippen LogP contribution is -2.37. The zero-order chi connectivity index (χ0) is 21.9. The first kappa shape index (κ1) is 19.7. The molecule has 0 radical (unpaired) electrons. The number of aliphatic imine (C=N–C) groups is 1. The van der Waals surface area contributed by atoms with E-state index in [0.29, 0.717) is 35.5 Å². The SMILES string of the molecule is COc1ccc([C@H]2C3=C(CC(C)(C)CC3=O)N=C3c4ccccc4C(=O)[C@@H]32)cc1OC. The molecular weight excluding hydrogens is 390 g/mol. The predicted octanol–water partition coefficient (Wildman–Crippen LogP) is 4.75. The Morgan fingerprint density at radius 2 is 1.61 bits per heavy atom. The topological polar surface area (TPSA) is 65.0 Å². The molecule has 158 valence electrons. The smallest absolute Gasteiger partial charge is 0.173 e. The van der Waals surface area contributed by atoms with Crippen LogP contribution in [0.1, 0.15) is 54.1 Å². The number of nitrogens with zero attached hydrogens (tertiary/aromatic N) is 1. The largest absolute Gasteiger partial charge is 0.493 e. The Morgan fingerprint density at radius 3 is 2.32 bits per heavy atom. The number of fused-ring (bicyclic) bond motifs is 3. The van der Waals surface area contributed by atoms with Crippen molar-refractivity contribution < 1.29 is 19.1 Å². The van der Waals surface area contributed by atoms with Gasteiger partial charge in [-0.2, -0.15) is 0 Å². The third-order valence-corrected chi connectivity index (χ3v) is 6.61. The molecule has 2 aromatic carbocycles. The molecule has 0 saturated heterocycles. The Morgan fingerprint density at radius 1 is 0.903 bits per heavy atom. The minimum absolute atomic E-state index is 0.0262. The van der Waals surface area contributed by atoms with E-state index in [9.17, 15) is 9.59 Å². The van der Waals surface area contributed by atoms with Gasteiger partial charge >= 0.3 is 0 Å². The van der Waals surface area contributed by atoms with Crippen molar-refractivity contribution in [2.45, 2.75) is 32.6 Å². The molecule has 5 rings (SSSR count). The monoisotopic (exact) mass is 415 g/mol. The summed E-state index contributed by atoms with van der Waals surface area (Å²) < 4.78 is 10.9. The van der Waals surface area contributed by atoms with Crippen LogP contribution >= 0.6 is 0 Å². The summed E-state index contributed by atoms with van der Waals surface area (Å²) in [6, 6.07) is 13.3. The van der Waals surface area contributed by atoms with Crippen molar-refractivity contribution in [3.63, 3.8) is 0 Å². The fourth-order valence-electron chi connectivity index (χ4n) is 5.29. The van der Waals surface area contributed by atoms with Crippen molar-refractivity contribution in [3.05, 3.63) is 70.4 Å². The van der Waals surface area contributed by atoms with E-state index in [0.717, 1.165) is 22.5 Å². The zero-order valence-corrected chi connectivity index (χ0v) is 18.2. The van der Waals surface area contributed by atoms with E-state index in [1.165, 1.54) is 0 Å². The predicted molar refractivity (Wildman–Crippen MR) is 118 cm³/mol. The van der Waals surface area contributed by atoms with E-state index in [4.69, 9.17) is 14.5 Å². The van der Waals surface area contributed by atoms with Gasteiger partial charge in [0.05, 0.1) is 25.8 Å². The molecule has 0 spiro atoms. The highest BCUT2D eigenvalue weighted by atomic mass is 16.5. The molecule has 2 atom stereocenters. The molecule has 0 N–H and O–H groups in total. The van der Waals surface area contributed by atoms with Crippen molar-refractivity contribution in [2.75, 3.05) is 14.2 Å². The average molecular weight is 415 g/mol. The highest BCUT2D eigenvalue weighted by molar-refractivity contribution is 6.30. The summed E-state index contributed by atoms with van der Waals surface area (Å²) in [5.74, 6) is 0.418. The first-order valence-electron chi connectivity index (χ1n) is 10.5. The number of carbonyl (C=O) groups is 2. The molecule has 31 heavy (non-hydrogen) atoms. The molecular formula is C26H25NO4. The van der Waals surface area contributed by atoms with Crippen LogP contribution in [-0.2, 0) is 4.79 Å². The van der Waals surface area contributed by atoms with Gasteiger partial charge in [0, 0.05) is 34.7 Å². The number of allylic oxidation sites excluding steroid dienone is 2. The minimum Gasteiger partial charge on any atom is -0.493 e. The van der Waals surface area contributed by atoms with Crippen LogP contribution in [0.5, 0.6) is 11.5 Å². The molecule has 3 aliphatic rings. The number of methoxy groups -OCH3 is 2. The molecule has 0 bridgehead atoms. The van der Waals surface area contributed by atoms with Gasteiger partial charge in [-0.1, -0.05) is 44.2 Å². The molecule has 0 unspecified atom stereocenters. The molecule has 2 aromatic rings. The molecule has 1 aliphatic heterocycles. The van der Waals surface area contributed by atoms with Crippen LogP contribution in [0.4, 0.5) is 0 Å². The van der Waals surface area contributed by atoms with Crippen LogP contribution in [0, 0.1) is 11.3 Å². The number of benzene rings is 2. The highest BCUT2D eigenvalue weighted by Gasteiger charge is 2.50. The Kier molecular flexibility index (Phi) is 4.40. The maximum absolute atomic E-state index is 13.5. The van der Waals surface area contributed by atoms with Crippen LogP contribution in [-0.4, -0.2) is 31.5 Å². The molecule has 0 aromatic heterocycles. The maximum atomic E-state index is 13.5. The van der Waals surface area contributed by atoms with Crippen LogP contribution < -0.4 is 9.47 Å². The summed E-state index contributed by atoms with van der Waals surface area (Å²) >= 11 is 0. The van der Waals surface area contributed by atoms with Crippen molar-refractivity contribution in [1.82, 2.24) is 0 Å². The van der Waals surface area contributed by atoms with E-state index >= 15 is 0 Å². The van der Waals surface area contributed by atoms with Crippen molar-refractivity contribution >= 4 is 17.3 Å². The van der Waals surface area contributed by atoms with E-state index in [2.05, 4.69) is 13.8 Å². The molecule has 5 heteroatoms. The number of hydrogen-bond donors (Lipinski definition) is 0. The molecule has 2 aliphatic carbocycles. The summed E-state index contributed by atoms with van der Waals surface area (Å²) in [4.78, 5) is 31.9. The number of ketones is 2. The van der Waals surface area contributed by atoms with E-state index < -0.39 is 5.92 Å². The Bertz CT molecular complexity index is 1190. The summed E-state index contributed by atoms with van der Waals surface area (Å²) in [5.41, 5.74) is 4.56. The van der Waals surface area contributed by atoms with Gasteiger partial charge in [-0.3, -0.25) is 14.6 Å². The first-order valence-corrected chi connectivity index (χ1v) is 10.5. The van der Waals surface area contributed by atoms with Gasteiger partial charge < -0.3 is 9.47 Å². The normalized spacial score (nSPS) is 23.7. The average Bonchev–Trinajstić information content (AvgIpc) is 3.03. The van der Waals surface area contributed by atoms with Crippen LogP contribution in [0.2, 0.25) is 0 Å². The number of ether oxygens (including phenoxy) is 2. The number of Topliss-reactive ketones (excluding diaryl/α,β-unsaturated/α-hetero) is 2. The Balaban J connectivity index is 1.75. The molecule has 0 fully saturated rings. The number of carbonyl (C=O) groups excluding carboxylic acids is 2. The third kappa shape index (κ3) is 2.94. The van der Waals surface area contributed by atoms with Gasteiger partial charge in [0.2, 0.25) is 0 Å². The summed E-state index contributed by atoms with van der Waals surface area (Å²) in [6.07, 6.45) is 1.17. The fourth-order valence-corrected chi connectivity index (χ4v) is 5.29. The Hall–Kier alpha value is -3.21. The molecule has 0 amide bonds. The molecule has 1 heterocycles. The molecule has 5 nitrogen and oxygen atoms in total. The number of rotatable bonds is 3. The second-order valence-corrected chi connectivity index (χ2v) is 9.28. The second kappa shape index (κ2) is 6.91. The standard InChI is InChI=1S/C26H25NO4/c1-26(2)12-17-22(18(28)13-26)21(14-9-10-19(30-3)20(11-14)31-4)23-24(27-17)15-7-5-6-8-16(15)25(23)29/h5-11,21,23H,12-13H2,1-4H3/t21-,23+/m0/s1. The highest BCUT2D eigenvalue weighted by Crippen LogP contribution is 2.51. The van der Waals surface area contributed by atoms with Crippen molar-refractivity contribution in [2.24, 2.45) is 16.3 Å². The summed E-state index contributed by atoms with van der Waals surface area (Å²) in [5, 5.41) is 0. The van der Waals surface area contributed by atoms with Crippen molar-refractivity contribution in [1.29, 1.82) is 0 Å². The van der Waals surface area contributed by atoms with E-state index in [-0.39, 0.29) is 22.9 Å². The lowest BCUT2D eigenvalue weighted by atomic mass is 9.66. The third-order valence-electron chi connectivity index (χ3n) is 6.61. The fraction of sp³-hybridized carbons (Fsp3) is 0.346. The first-order chi connectivity index (χ1) is 14.8. The van der Waals surface area contributed by atoms with Crippen LogP contribution in [0.25, 0.3) is 0 Å². The number of hydrogen-bond acceptors (Lipinski definition) is 5. The van der Waals surface area contributed by atoms with E-state index in [1.54, 1.807) is 14.2 Å². The quantitative estimate of drug-likeness (QED) is 0.726. The maximum Gasteiger partial charge on any atom is 0.173 e. The summed E-state index contributed by atoms with van der Waals surface area (Å²) in [7, 11) is 3.18. The van der Waals surface area contributed by atoms with Gasteiger partial charge in [-0.15, -0.1) is 0 Å². The second-order valence-electron chi connectivity index (χ2n) is 9.28. The van der Waals surface area contributed by atoms with Crippen molar-refractivity contribution in [3.8, 4) is 11.5 Å². The Labute approximate surface area is 181 Å². The van der Waals surface area contributed by atoms with Gasteiger partial charge in [-0.05, 0) is 29.5 Å². The zero-order valence-electron chi connectivity index (χ0n) is 18.2. The van der Waals surface area contributed by atoms with Gasteiger partial charge in [0.25, 0.3) is 0 Å². The van der Waals surface area contributed by atoms with Gasteiger partial charge in [0.1, 0.15) is 0 Å². The molecule has 0 saturated carbocycles. The minimum atomic E-state index is -0.501. The lowest BCUT2D eigenvalue weighted by molar-refractivity contribution is -0.118. The van der Waals surface area contributed by atoms with Gasteiger partial charge in [-0.25, -0.2) is 0 Å². The van der Waals surface area contributed by atoms with Crippen LogP contribution in [0.3, 0.4) is 0 Å². The van der Waals surface area contributed by atoms with Gasteiger partial charge in [0.15, 0.2) is 23.1 Å². The lowest BCUT2D eigenvalue weighted by Gasteiger charge is -2.38.